The van der Waals surface area contributed by atoms with Crippen LogP contribution in [0.1, 0.15) is 78.6 Å². The molecule has 2 atom stereocenters. The Bertz CT molecular complexity index is 1810. The van der Waals surface area contributed by atoms with Gasteiger partial charge in [-0.1, -0.05) is 13.8 Å². The van der Waals surface area contributed by atoms with Gasteiger partial charge in [0.15, 0.2) is 0 Å². The van der Waals surface area contributed by atoms with Crippen LogP contribution < -0.4 is 10.9 Å². The van der Waals surface area contributed by atoms with Gasteiger partial charge in [-0.3, -0.25) is 14.4 Å². The monoisotopic (exact) mass is 672 g/mol. The lowest BCUT2D eigenvalue weighted by Gasteiger charge is -2.31. The average molecular weight is 673 g/mol. The average Bonchev–Trinajstić information content (AvgIpc) is 2.97. The maximum atomic E-state index is 15.7. The minimum atomic E-state index is -4.81. The van der Waals surface area contributed by atoms with Crippen molar-refractivity contribution in [3.63, 3.8) is 0 Å². The number of nitrogens with zero attached hydrogens (tertiary/aromatic N) is 3. The fourth-order valence-corrected chi connectivity index (χ4v) is 5.88. The van der Waals surface area contributed by atoms with E-state index in [0.717, 1.165) is 36.3 Å². The predicted octanol–water partition coefficient (Wildman–Crippen LogP) is 6.47. The van der Waals surface area contributed by atoms with Crippen LogP contribution in [-0.4, -0.2) is 46.1 Å². The molecule has 1 saturated heterocycles. The second-order valence-corrected chi connectivity index (χ2v) is 12.7. The topological polar surface area (TPSA) is 115 Å². The molecular formula is C35H37F5N4O4. The van der Waals surface area contributed by atoms with Crippen LogP contribution in [0.15, 0.2) is 41.3 Å². The lowest BCUT2D eigenvalue weighted by Crippen LogP contribution is -2.41. The van der Waals surface area contributed by atoms with Gasteiger partial charge in [-0.2, -0.15) is 18.4 Å². The van der Waals surface area contributed by atoms with E-state index in [4.69, 9.17) is 0 Å². The number of rotatable bonds is 12. The third kappa shape index (κ3) is 8.28. The summed E-state index contributed by atoms with van der Waals surface area (Å²) in [5, 5.41) is 22.0. The third-order valence-corrected chi connectivity index (χ3v) is 8.53. The molecule has 0 bridgehead atoms. The normalized spacial score (nSPS) is 14.7. The van der Waals surface area contributed by atoms with E-state index in [1.54, 1.807) is 13.8 Å². The number of amides is 1. The molecule has 1 aromatic heterocycles. The highest BCUT2D eigenvalue weighted by atomic mass is 19.4. The van der Waals surface area contributed by atoms with Crippen molar-refractivity contribution in [2.45, 2.75) is 71.6 Å². The van der Waals surface area contributed by atoms with Crippen LogP contribution in [0.2, 0.25) is 0 Å². The van der Waals surface area contributed by atoms with Crippen molar-refractivity contribution in [1.82, 2.24) is 14.8 Å². The van der Waals surface area contributed by atoms with Gasteiger partial charge in [-0.15, -0.1) is 0 Å². The number of hydrogen-bond donors (Lipinski definition) is 2. The standard InChI is InChI=1S/C35H37F5N4O4/c1-19(2)10-30(44-18-22(6-9-43-7-5-8-43)27(15-31(44)45)35(38,39)40)34(48)42-29(16-32(46)47)26-13-23(12-21(4)33(26)37)25-14-28(36)20(3)11-24(25)17-41/h11-15,18-19,29-30H,5-10,16H2,1-4H3,(H,42,48)(H,46,47). The van der Waals surface area contributed by atoms with Gasteiger partial charge >= 0.3 is 12.1 Å². The van der Waals surface area contributed by atoms with E-state index >= 15 is 4.39 Å². The number of aliphatic carboxylic acids is 1. The Kier molecular flexibility index (Phi) is 11.1. The lowest BCUT2D eigenvalue weighted by molar-refractivity contribution is -0.139. The van der Waals surface area contributed by atoms with E-state index in [0.29, 0.717) is 12.6 Å². The second-order valence-electron chi connectivity index (χ2n) is 12.7. The number of hydrogen-bond acceptors (Lipinski definition) is 5. The first-order chi connectivity index (χ1) is 22.5. The summed E-state index contributed by atoms with van der Waals surface area (Å²) in [5.74, 6) is -4.00. The first-order valence-corrected chi connectivity index (χ1v) is 15.6. The molecule has 0 spiro atoms. The number of aryl methyl sites for hydroxylation is 2. The Morgan fingerprint density at radius 2 is 1.75 bits per heavy atom. The van der Waals surface area contributed by atoms with E-state index in [2.05, 4.69) is 5.32 Å². The van der Waals surface area contributed by atoms with Crippen LogP contribution in [0.25, 0.3) is 11.1 Å². The number of benzene rings is 2. The molecular weight excluding hydrogens is 635 g/mol. The molecule has 1 amide bonds. The van der Waals surface area contributed by atoms with Crippen LogP contribution in [0.4, 0.5) is 22.0 Å². The molecule has 48 heavy (non-hydrogen) atoms. The van der Waals surface area contributed by atoms with Crippen molar-refractivity contribution in [1.29, 1.82) is 5.26 Å². The van der Waals surface area contributed by atoms with Gasteiger partial charge in [0.2, 0.25) is 5.91 Å². The minimum absolute atomic E-state index is 0.00180. The van der Waals surface area contributed by atoms with Crippen LogP contribution >= 0.6 is 0 Å². The van der Waals surface area contributed by atoms with Gasteiger partial charge in [0.1, 0.15) is 17.7 Å². The molecule has 0 radical (unpaired) electrons. The zero-order chi connectivity index (χ0) is 35.5. The Hall–Kier alpha value is -4.57. The SMILES string of the molecule is Cc1cc(C#N)c(-c2cc(C)c(F)c(C(CC(=O)O)NC(=O)C(CC(C)C)n3cc(CCN4CCC4)c(C(F)(F)F)cc3=O)c2)cc1F. The highest BCUT2D eigenvalue weighted by Gasteiger charge is 2.36. The van der Waals surface area contributed by atoms with Gasteiger partial charge in [0.05, 0.1) is 29.7 Å². The summed E-state index contributed by atoms with van der Waals surface area (Å²) in [6, 6.07) is 4.64. The number of carbonyl (C=O) groups excluding carboxylic acids is 1. The molecule has 1 aliphatic heterocycles. The number of pyridine rings is 1. The van der Waals surface area contributed by atoms with Crippen molar-refractivity contribution in [2.24, 2.45) is 5.92 Å². The zero-order valence-electron chi connectivity index (χ0n) is 27.0. The van der Waals surface area contributed by atoms with E-state index in [9.17, 15) is 42.3 Å². The largest absolute Gasteiger partial charge is 0.481 e. The predicted molar refractivity (Wildman–Crippen MR) is 168 cm³/mol. The first kappa shape index (κ1) is 36.3. The van der Waals surface area contributed by atoms with Crippen molar-refractivity contribution >= 4 is 11.9 Å². The van der Waals surface area contributed by atoms with Gasteiger partial charge < -0.3 is 19.9 Å². The van der Waals surface area contributed by atoms with Crippen LogP contribution in [0.3, 0.4) is 0 Å². The lowest BCUT2D eigenvalue weighted by atomic mass is 9.91. The fraction of sp³-hybridized carbons (Fsp3) is 0.429. The smallest absolute Gasteiger partial charge is 0.416 e. The number of likely N-dealkylation sites (tertiary alicyclic amines) is 1. The van der Waals surface area contributed by atoms with Gasteiger partial charge in [0, 0.05) is 29.9 Å². The molecule has 2 N–H and O–H groups in total. The fourth-order valence-electron chi connectivity index (χ4n) is 5.88. The first-order valence-electron chi connectivity index (χ1n) is 15.6. The maximum Gasteiger partial charge on any atom is 0.416 e. The van der Waals surface area contributed by atoms with Crippen molar-refractivity contribution in [2.75, 3.05) is 19.6 Å². The second kappa shape index (κ2) is 14.7. The Morgan fingerprint density at radius 3 is 2.31 bits per heavy atom. The highest BCUT2D eigenvalue weighted by Crippen LogP contribution is 2.34. The number of aromatic nitrogens is 1. The molecule has 0 aliphatic carbocycles. The van der Waals surface area contributed by atoms with Gasteiger partial charge in [-0.05, 0) is 98.6 Å². The van der Waals surface area contributed by atoms with Crippen molar-refractivity contribution < 1.29 is 36.6 Å². The van der Waals surface area contributed by atoms with E-state index in [-0.39, 0.29) is 57.7 Å². The Balaban J connectivity index is 1.78. The Morgan fingerprint density at radius 1 is 1.06 bits per heavy atom. The summed E-state index contributed by atoms with van der Waals surface area (Å²) >= 11 is 0. The van der Waals surface area contributed by atoms with Gasteiger partial charge in [-0.25, -0.2) is 8.78 Å². The molecule has 8 nitrogen and oxygen atoms in total. The van der Waals surface area contributed by atoms with E-state index in [1.807, 2.05) is 11.0 Å². The van der Waals surface area contributed by atoms with Crippen LogP contribution in [0.5, 0.6) is 0 Å². The summed E-state index contributed by atoms with van der Waals surface area (Å²) < 4.78 is 73.1. The Labute approximate surface area is 274 Å². The van der Waals surface area contributed by atoms with Crippen LogP contribution in [-0.2, 0) is 22.2 Å². The molecule has 0 saturated carbocycles. The molecule has 2 heterocycles. The van der Waals surface area contributed by atoms with E-state index in [1.165, 1.54) is 32.0 Å². The number of carbonyl (C=O) groups is 2. The number of nitrogens with one attached hydrogen (secondary N) is 1. The molecule has 13 heteroatoms. The quantitative estimate of drug-likeness (QED) is 0.213. The number of carboxylic acids is 1. The number of nitriles is 1. The maximum absolute atomic E-state index is 15.7. The number of alkyl halides is 3. The highest BCUT2D eigenvalue weighted by molar-refractivity contribution is 5.82. The summed E-state index contributed by atoms with van der Waals surface area (Å²) in [4.78, 5) is 41.1. The van der Waals surface area contributed by atoms with Crippen molar-refractivity contribution in [3.8, 4) is 17.2 Å². The number of halogens is 5. The number of carboxylic acid groups (broad SMARTS) is 1. The molecule has 1 aliphatic rings. The zero-order valence-corrected chi connectivity index (χ0v) is 27.0. The molecule has 256 valence electrons. The molecule has 3 aromatic rings. The molecule has 4 rings (SSSR count). The van der Waals surface area contributed by atoms with E-state index < -0.39 is 59.3 Å². The summed E-state index contributed by atoms with van der Waals surface area (Å²) in [6.45, 7) is 8.19. The molecule has 2 aromatic carbocycles. The third-order valence-electron chi connectivity index (χ3n) is 8.53. The van der Waals surface area contributed by atoms with Crippen molar-refractivity contribution in [3.05, 3.63) is 91.9 Å². The summed E-state index contributed by atoms with van der Waals surface area (Å²) in [5.41, 5.74) is -1.91. The molecule has 1 fully saturated rings. The van der Waals surface area contributed by atoms with Crippen LogP contribution in [0, 0.1) is 42.7 Å². The molecule has 2 unspecified atom stereocenters. The summed E-state index contributed by atoms with van der Waals surface area (Å²) in [7, 11) is 0. The minimum Gasteiger partial charge on any atom is -0.481 e. The van der Waals surface area contributed by atoms with Gasteiger partial charge in [0.25, 0.3) is 5.56 Å². The summed E-state index contributed by atoms with van der Waals surface area (Å²) in [6.07, 6.45) is -3.64.